The molecule has 0 aromatic heterocycles. The highest BCUT2D eigenvalue weighted by atomic mass is 32.2. The smallest absolute Gasteiger partial charge is 0.240 e. The summed E-state index contributed by atoms with van der Waals surface area (Å²) in [6.07, 6.45) is 3.59. The van der Waals surface area contributed by atoms with E-state index in [1.807, 2.05) is 0 Å². The number of aliphatic hydroxyl groups is 1. The highest BCUT2D eigenvalue weighted by Crippen LogP contribution is 2.37. The molecule has 5 nitrogen and oxygen atoms in total. The van der Waals surface area contributed by atoms with E-state index >= 15 is 0 Å². The molecule has 0 radical (unpaired) electrons. The lowest BCUT2D eigenvalue weighted by Gasteiger charge is -2.26. The number of nitrogen functional groups attached to an aromatic ring is 1. The van der Waals surface area contributed by atoms with Gasteiger partial charge in [0.2, 0.25) is 10.0 Å². The summed E-state index contributed by atoms with van der Waals surface area (Å²) in [5.74, 6) is -0.647. The third-order valence-electron chi connectivity index (χ3n) is 3.91. The molecule has 2 rings (SSSR count). The average molecular weight is 302 g/mol. The normalized spacial score (nSPS) is 18.3. The van der Waals surface area contributed by atoms with E-state index in [1.54, 1.807) is 0 Å². The van der Waals surface area contributed by atoms with Gasteiger partial charge >= 0.3 is 0 Å². The van der Waals surface area contributed by atoms with Gasteiger partial charge in [0.05, 0.1) is 10.6 Å². The third-order valence-corrected chi connectivity index (χ3v) is 5.31. The molecule has 0 spiro atoms. The number of anilines is 1. The minimum atomic E-state index is -3.74. The Kier molecular flexibility index (Phi) is 4.31. The SMILES string of the molecule is Nc1cc(S(=O)(=O)NCC2(CO)CCCC2)ccc1F. The van der Waals surface area contributed by atoms with Gasteiger partial charge in [-0.15, -0.1) is 0 Å². The highest BCUT2D eigenvalue weighted by molar-refractivity contribution is 7.89. The average Bonchev–Trinajstić information content (AvgIpc) is 2.89. The number of sulfonamides is 1. The number of halogens is 1. The van der Waals surface area contributed by atoms with Gasteiger partial charge in [0.1, 0.15) is 5.82 Å². The van der Waals surface area contributed by atoms with Crippen molar-refractivity contribution in [3.63, 3.8) is 0 Å². The Morgan fingerprint density at radius 3 is 2.55 bits per heavy atom. The molecule has 20 heavy (non-hydrogen) atoms. The van der Waals surface area contributed by atoms with Crippen molar-refractivity contribution >= 4 is 15.7 Å². The first kappa shape index (κ1) is 15.2. The molecule has 1 aliphatic rings. The monoisotopic (exact) mass is 302 g/mol. The number of hydrogen-bond acceptors (Lipinski definition) is 4. The minimum Gasteiger partial charge on any atom is -0.396 e. The van der Waals surface area contributed by atoms with Gasteiger partial charge in [-0.2, -0.15) is 0 Å². The molecule has 1 aromatic carbocycles. The van der Waals surface area contributed by atoms with Crippen LogP contribution < -0.4 is 10.5 Å². The van der Waals surface area contributed by atoms with Gasteiger partial charge in [-0.05, 0) is 31.0 Å². The first-order valence-electron chi connectivity index (χ1n) is 6.54. The standard InChI is InChI=1S/C13H19FN2O3S/c14-11-4-3-10(7-12(11)15)20(18,19)16-8-13(9-17)5-1-2-6-13/h3-4,7,16-17H,1-2,5-6,8-9,15H2. The van der Waals surface area contributed by atoms with Crippen molar-refractivity contribution in [2.24, 2.45) is 5.41 Å². The van der Waals surface area contributed by atoms with E-state index < -0.39 is 15.8 Å². The fourth-order valence-electron chi connectivity index (χ4n) is 2.54. The van der Waals surface area contributed by atoms with E-state index in [-0.39, 0.29) is 29.1 Å². The summed E-state index contributed by atoms with van der Waals surface area (Å²) in [5, 5.41) is 9.46. The topological polar surface area (TPSA) is 92.4 Å². The van der Waals surface area contributed by atoms with Crippen LogP contribution in [0.1, 0.15) is 25.7 Å². The van der Waals surface area contributed by atoms with E-state index in [0.717, 1.165) is 37.8 Å². The third kappa shape index (κ3) is 3.11. The Morgan fingerprint density at radius 1 is 1.35 bits per heavy atom. The second-order valence-electron chi connectivity index (χ2n) is 5.37. The fourth-order valence-corrected chi connectivity index (χ4v) is 3.73. The lowest BCUT2D eigenvalue weighted by Crippen LogP contribution is -2.38. The summed E-state index contributed by atoms with van der Waals surface area (Å²) in [6.45, 7) is 0.143. The van der Waals surface area contributed by atoms with Gasteiger partial charge in [-0.3, -0.25) is 0 Å². The zero-order chi connectivity index (χ0) is 14.8. The maximum absolute atomic E-state index is 13.1. The van der Waals surface area contributed by atoms with Crippen molar-refractivity contribution in [3.05, 3.63) is 24.0 Å². The Bertz CT molecular complexity index is 583. The molecule has 0 amide bonds. The Labute approximate surface area is 118 Å². The van der Waals surface area contributed by atoms with Crippen LogP contribution in [0.25, 0.3) is 0 Å². The molecule has 112 valence electrons. The quantitative estimate of drug-likeness (QED) is 0.714. The van der Waals surface area contributed by atoms with Crippen molar-refractivity contribution in [1.82, 2.24) is 4.72 Å². The molecular weight excluding hydrogens is 283 g/mol. The molecule has 1 aliphatic carbocycles. The first-order valence-corrected chi connectivity index (χ1v) is 8.02. The molecule has 0 heterocycles. The number of nitrogens with two attached hydrogens (primary N) is 1. The molecule has 1 fully saturated rings. The molecule has 0 bridgehead atoms. The Morgan fingerprint density at radius 2 is 2.00 bits per heavy atom. The van der Waals surface area contributed by atoms with Crippen LogP contribution >= 0.6 is 0 Å². The molecule has 7 heteroatoms. The van der Waals surface area contributed by atoms with Crippen molar-refractivity contribution in [2.75, 3.05) is 18.9 Å². The predicted octanol–water partition coefficient (Wildman–Crippen LogP) is 1.24. The van der Waals surface area contributed by atoms with Gasteiger partial charge in [-0.25, -0.2) is 17.5 Å². The van der Waals surface area contributed by atoms with Crippen molar-refractivity contribution in [1.29, 1.82) is 0 Å². The fraction of sp³-hybridized carbons (Fsp3) is 0.538. The van der Waals surface area contributed by atoms with Crippen LogP contribution in [0.4, 0.5) is 10.1 Å². The van der Waals surface area contributed by atoms with Crippen molar-refractivity contribution in [3.8, 4) is 0 Å². The van der Waals surface area contributed by atoms with E-state index in [1.165, 1.54) is 6.07 Å². The predicted molar refractivity (Wildman–Crippen MR) is 74.0 cm³/mol. The van der Waals surface area contributed by atoms with E-state index in [4.69, 9.17) is 5.73 Å². The minimum absolute atomic E-state index is 0.0406. The van der Waals surface area contributed by atoms with E-state index in [0.29, 0.717) is 0 Å². The molecule has 0 atom stereocenters. The zero-order valence-electron chi connectivity index (χ0n) is 11.1. The lowest BCUT2D eigenvalue weighted by atomic mass is 9.88. The van der Waals surface area contributed by atoms with Gasteiger partial charge in [0, 0.05) is 18.6 Å². The van der Waals surface area contributed by atoms with Crippen LogP contribution in [0, 0.1) is 11.2 Å². The van der Waals surface area contributed by atoms with Gasteiger partial charge < -0.3 is 10.8 Å². The molecule has 1 saturated carbocycles. The first-order chi connectivity index (χ1) is 9.38. The summed E-state index contributed by atoms with van der Waals surface area (Å²) in [7, 11) is -3.74. The Balaban J connectivity index is 2.13. The van der Waals surface area contributed by atoms with Crippen molar-refractivity contribution in [2.45, 2.75) is 30.6 Å². The number of benzene rings is 1. The van der Waals surface area contributed by atoms with Crippen LogP contribution in [0.5, 0.6) is 0 Å². The Hall–Kier alpha value is -1.18. The van der Waals surface area contributed by atoms with Crippen LogP contribution in [-0.4, -0.2) is 26.7 Å². The van der Waals surface area contributed by atoms with Crippen LogP contribution in [0.3, 0.4) is 0 Å². The maximum atomic E-state index is 13.1. The molecule has 0 unspecified atom stereocenters. The molecule has 0 aliphatic heterocycles. The van der Waals surface area contributed by atoms with Crippen molar-refractivity contribution < 1.29 is 17.9 Å². The largest absolute Gasteiger partial charge is 0.396 e. The summed E-state index contributed by atoms with van der Waals surface area (Å²) in [4.78, 5) is -0.0671. The summed E-state index contributed by atoms with van der Waals surface area (Å²) >= 11 is 0. The summed E-state index contributed by atoms with van der Waals surface area (Å²) in [6, 6.07) is 3.30. The molecule has 0 saturated heterocycles. The van der Waals surface area contributed by atoms with Gasteiger partial charge in [-0.1, -0.05) is 12.8 Å². The lowest BCUT2D eigenvalue weighted by molar-refractivity contribution is 0.134. The van der Waals surface area contributed by atoms with E-state index in [9.17, 15) is 17.9 Å². The van der Waals surface area contributed by atoms with Crippen LogP contribution in [0.2, 0.25) is 0 Å². The van der Waals surface area contributed by atoms with Crippen LogP contribution in [-0.2, 0) is 10.0 Å². The second kappa shape index (κ2) is 5.67. The van der Waals surface area contributed by atoms with E-state index in [2.05, 4.69) is 4.72 Å². The summed E-state index contributed by atoms with van der Waals surface area (Å²) < 4.78 is 39.8. The zero-order valence-corrected chi connectivity index (χ0v) is 11.9. The molecule has 1 aromatic rings. The highest BCUT2D eigenvalue weighted by Gasteiger charge is 2.34. The second-order valence-corrected chi connectivity index (χ2v) is 7.14. The number of aliphatic hydroxyl groups excluding tert-OH is 1. The van der Waals surface area contributed by atoms with Gasteiger partial charge in [0.25, 0.3) is 0 Å². The summed E-state index contributed by atoms with van der Waals surface area (Å²) in [5.41, 5.74) is 4.80. The number of rotatable bonds is 5. The number of hydrogen-bond donors (Lipinski definition) is 3. The van der Waals surface area contributed by atoms with Gasteiger partial charge in [0.15, 0.2) is 0 Å². The van der Waals surface area contributed by atoms with Crippen LogP contribution in [0.15, 0.2) is 23.1 Å². The molecular formula is C13H19FN2O3S. The maximum Gasteiger partial charge on any atom is 0.240 e. The molecule has 4 N–H and O–H groups in total. The number of nitrogens with one attached hydrogen (secondary N) is 1.